The summed E-state index contributed by atoms with van der Waals surface area (Å²) in [6.07, 6.45) is 2.16. The molecule has 0 bridgehead atoms. The van der Waals surface area contributed by atoms with Gasteiger partial charge in [0.05, 0.1) is 17.8 Å². The molecule has 2 aromatic rings. The van der Waals surface area contributed by atoms with Gasteiger partial charge in [-0.1, -0.05) is 11.6 Å². The largest absolute Gasteiger partial charge is 0.495 e. The molecule has 0 atom stereocenters. The summed E-state index contributed by atoms with van der Waals surface area (Å²) in [6.45, 7) is 1.93. The van der Waals surface area contributed by atoms with Gasteiger partial charge in [-0.3, -0.25) is 4.79 Å². The van der Waals surface area contributed by atoms with E-state index < -0.39 is 0 Å². The Kier molecular flexibility index (Phi) is 3.58. The van der Waals surface area contributed by atoms with E-state index in [0.717, 1.165) is 11.1 Å². The van der Waals surface area contributed by atoms with E-state index in [0.29, 0.717) is 22.8 Å². The predicted molar refractivity (Wildman–Crippen MR) is 69.2 cm³/mol. The van der Waals surface area contributed by atoms with E-state index in [4.69, 9.17) is 16.3 Å². The molecule has 2 rings (SSSR count). The molecular formula is C13H11ClN2O2. The maximum Gasteiger partial charge on any atom is 0.193 e. The van der Waals surface area contributed by atoms with Crippen LogP contribution in [0.2, 0.25) is 5.02 Å². The Morgan fingerprint density at radius 1 is 1.39 bits per heavy atom. The number of benzene rings is 1. The number of aryl methyl sites for hydroxylation is 1. The van der Waals surface area contributed by atoms with E-state index in [1.807, 2.05) is 13.0 Å². The second-order valence-corrected chi connectivity index (χ2v) is 4.13. The van der Waals surface area contributed by atoms with Crippen molar-refractivity contribution in [2.45, 2.75) is 6.92 Å². The van der Waals surface area contributed by atoms with Crippen molar-refractivity contribution in [1.29, 1.82) is 0 Å². The Labute approximate surface area is 110 Å². The quantitative estimate of drug-likeness (QED) is 0.798. The van der Waals surface area contributed by atoms with Crippen LogP contribution in [-0.4, -0.2) is 23.4 Å². The molecule has 18 heavy (non-hydrogen) atoms. The molecular weight excluding hydrogens is 252 g/mol. The van der Waals surface area contributed by atoms with Gasteiger partial charge in [-0.05, 0) is 30.7 Å². The normalized spacial score (nSPS) is 10.2. The number of halogens is 1. The van der Waals surface area contributed by atoms with Crippen LogP contribution in [0.15, 0.2) is 24.4 Å². The highest BCUT2D eigenvalue weighted by Crippen LogP contribution is 2.32. The number of hydrogen-bond acceptors (Lipinski definition) is 4. The molecule has 0 N–H and O–H groups in total. The lowest BCUT2D eigenvalue weighted by molar-refractivity contribution is 0.111. The van der Waals surface area contributed by atoms with Gasteiger partial charge in [0.1, 0.15) is 5.75 Å². The fraction of sp³-hybridized carbons (Fsp3) is 0.154. The predicted octanol–water partition coefficient (Wildman–Crippen LogP) is 2.93. The maximum absolute atomic E-state index is 10.7. The summed E-state index contributed by atoms with van der Waals surface area (Å²) < 4.78 is 5.14. The number of aldehydes is 1. The first-order chi connectivity index (χ1) is 8.65. The van der Waals surface area contributed by atoms with Gasteiger partial charge in [-0.15, -0.1) is 0 Å². The van der Waals surface area contributed by atoms with Crippen LogP contribution in [0.5, 0.6) is 5.75 Å². The van der Waals surface area contributed by atoms with Crippen LogP contribution >= 0.6 is 11.6 Å². The van der Waals surface area contributed by atoms with Crippen molar-refractivity contribution in [3.05, 3.63) is 40.8 Å². The highest BCUT2D eigenvalue weighted by atomic mass is 35.5. The second kappa shape index (κ2) is 5.14. The van der Waals surface area contributed by atoms with Gasteiger partial charge in [-0.2, -0.15) is 0 Å². The van der Waals surface area contributed by atoms with Crippen LogP contribution in [0.1, 0.15) is 16.2 Å². The minimum absolute atomic E-state index is 0.152. The summed E-state index contributed by atoms with van der Waals surface area (Å²) >= 11 is 6.09. The number of aromatic nitrogens is 2. The molecule has 0 saturated heterocycles. The van der Waals surface area contributed by atoms with Crippen molar-refractivity contribution >= 4 is 17.9 Å². The number of carbonyl (C=O) groups is 1. The number of rotatable bonds is 3. The first-order valence-corrected chi connectivity index (χ1v) is 5.66. The summed E-state index contributed by atoms with van der Waals surface area (Å²) in [4.78, 5) is 18.6. The third-order valence-electron chi connectivity index (χ3n) is 2.55. The van der Waals surface area contributed by atoms with Gasteiger partial charge in [0.25, 0.3) is 0 Å². The summed E-state index contributed by atoms with van der Waals surface area (Å²) in [5, 5.41) is 0.504. The van der Waals surface area contributed by atoms with Crippen LogP contribution in [0.25, 0.3) is 11.3 Å². The molecule has 0 aliphatic heterocycles. The van der Waals surface area contributed by atoms with Gasteiger partial charge in [0, 0.05) is 11.8 Å². The van der Waals surface area contributed by atoms with Crippen molar-refractivity contribution in [3.8, 4) is 17.0 Å². The standard InChI is InChI=1S/C13H11ClN2O2/c1-8-5-12(18-2)10(14)6-9(8)11-3-4-15-13(7-17)16-11/h3-7H,1-2H3. The fourth-order valence-corrected chi connectivity index (χ4v) is 1.91. The Morgan fingerprint density at radius 2 is 2.17 bits per heavy atom. The number of nitrogens with zero attached hydrogens (tertiary/aromatic N) is 2. The van der Waals surface area contributed by atoms with Crippen molar-refractivity contribution in [2.24, 2.45) is 0 Å². The van der Waals surface area contributed by atoms with Gasteiger partial charge in [0.15, 0.2) is 12.1 Å². The number of methoxy groups -OCH3 is 1. The molecule has 0 unspecified atom stereocenters. The third kappa shape index (κ3) is 2.33. The summed E-state index contributed by atoms with van der Waals surface area (Å²) in [7, 11) is 1.56. The van der Waals surface area contributed by atoms with Crippen LogP contribution in [-0.2, 0) is 0 Å². The summed E-state index contributed by atoms with van der Waals surface area (Å²) in [5.41, 5.74) is 2.48. The summed E-state index contributed by atoms with van der Waals surface area (Å²) in [5.74, 6) is 0.765. The SMILES string of the molecule is COc1cc(C)c(-c2ccnc(C=O)n2)cc1Cl. The Hall–Kier alpha value is -1.94. The van der Waals surface area contributed by atoms with E-state index >= 15 is 0 Å². The topological polar surface area (TPSA) is 52.1 Å². The molecule has 0 aliphatic carbocycles. The van der Waals surface area contributed by atoms with Crippen LogP contribution in [0.3, 0.4) is 0 Å². The monoisotopic (exact) mass is 262 g/mol. The lowest BCUT2D eigenvalue weighted by Gasteiger charge is -2.09. The Bertz CT molecular complexity index is 600. The lowest BCUT2D eigenvalue weighted by Crippen LogP contribution is -1.96. The zero-order valence-electron chi connectivity index (χ0n) is 9.98. The molecule has 0 aliphatic rings. The van der Waals surface area contributed by atoms with Crippen molar-refractivity contribution in [3.63, 3.8) is 0 Å². The second-order valence-electron chi connectivity index (χ2n) is 3.72. The van der Waals surface area contributed by atoms with Gasteiger partial charge >= 0.3 is 0 Å². The van der Waals surface area contributed by atoms with E-state index in [2.05, 4.69) is 9.97 Å². The van der Waals surface area contributed by atoms with Crippen LogP contribution in [0, 0.1) is 6.92 Å². The number of ether oxygens (including phenoxy) is 1. The molecule has 0 fully saturated rings. The average molecular weight is 263 g/mol. The zero-order chi connectivity index (χ0) is 13.1. The smallest absolute Gasteiger partial charge is 0.193 e. The van der Waals surface area contributed by atoms with Crippen molar-refractivity contribution < 1.29 is 9.53 Å². The first kappa shape index (κ1) is 12.5. The highest BCUT2D eigenvalue weighted by molar-refractivity contribution is 6.32. The highest BCUT2D eigenvalue weighted by Gasteiger charge is 2.09. The molecule has 0 amide bonds. The fourth-order valence-electron chi connectivity index (χ4n) is 1.67. The van der Waals surface area contributed by atoms with E-state index in [-0.39, 0.29) is 5.82 Å². The van der Waals surface area contributed by atoms with E-state index in [9.17, 15) is 4.79 Å². The summed E-state index contributed by atoms with van der Waals surface area (Å²) in [6, 6.07) is 5.34. The number of hydrogen-bond donors (Lipinski definition) is 0. The molecule has 0 spiro atoms. The molecule has 0 radical (unpaired) electrons. The van der Waals surface area contributed by atoms with Gasteiger partial charge in [-0.25, -0.2) is 9.97 Å². The molecule has 92 valence electrons. The van der Waals surface area contributed by atoms with E-state index in [1.165, 1.54) is 0 Å². The van der Waals surface area contributed by atoms with Gasteiger partial charge < -0.3 is 4.74 Å². The molecule has 1 aromatic carbocycles. The van der Waals surface area contributed by atoms with Crippen LogP contribution < -0.4 is 4.74 Å². The Balaban J connectivity index is 2.56. The maximum atomic E-state index is 10.7. The van der Waals surface area contributed by atoms with Crippen LogP contribution in [0.4, 0.5) is 0 Å². The minimum Gasteiger partial charge on any atom is -0.495 e. The molecule has 0 saturated carbocycles. The van der Waals surface area contributed by atoms with Crippen molar-refractivity contribution in [2.75, 3.05) is 7.11 Å². The Morgan fingerprint density at radius 3 is 2.83 bits per heavy atom. The van der Waals surface area contributed by atoms with E-state index in [1.54, 1.807) is 25.4 Å². The average Bonchev–Trinajstić information content (AvgIpc) is 2.41. The van der Waals surface area contributed by atoms with Gasteiger partial charge in [0.2, 0.25) is 0 Å². The first-order valence-electron chi connectivity index (χ1n) is 5.28. The third-order valence-corrected chi connectivity index (χ3v) is 2.85. The zero-order valence-corrected chi connectivity index (χ0v) is 10.7. The molecule has 1 aromatic heterocycles. The minimum atomic E-state index is 0.152. The molecule has 4 nitrogen and oxygen atoms in total. The lowest BCUT2D eigenvalue weighted by atomic mass is 10.1. The molecule has 1 heterocycles. The number of carbonyl (C=O) groups excluding carboxylic acids is 1. The van der Waals surface area contributed by atoms with Crippen molar-refractivity contribution in [1.82, 2.24) is 9.97 Å². The molecule has 5 heteroatoms.